The quantitative estimate of drug-likeness (QED) is 0.766. The van der Waals surface area contributed by atoms with Gasteiger partial charge in [-0.2, -0.15) is 5.10 Å². The first kappa shape index (κ1) is 21.1. The number of carbonyl (C=O) groups is 1. The zero-order chi connectivity index (χ0) is 20.4. The summed E-state index contributed by atoms with van der Waals surface area (Å²) >= 11 is 18.9. The number of halogens is 3. The summed E-state index contributed by atoms with van der Waals surface area (Å²) in [6.07, 6.45) is 0. The van der Waals surface area contributed by atoms with E-state index in [1.54, 1.807) is 24.3 Å². The van der Waals surface area contributed by atoms with Crippen molar-refractivity contribution in [1.29, 1.82) is 0 Å². The van der Waals surface area contributed by atoms with Crippen LogP contribution in [0.3, 0.4) is 0 Å². The molecule has 1 atom stereocenters. The van der Waals surface area contributed by atoms with Gasteiger partial charge in [-0.3, -0.25) is 9.69 Å². The minimum Gasteiger partial charge on any atom is -0.369 e. The molecule has 1 saturated heterocycles. The van der Waals surface area contributed by atoms with Crippen LogP contribution in [0.4, 0.5) is 5.69 Å². The van der Waals surface area contributed by atoms with Crippen LogP contribution in [0.15, 0.2) is 24.3 Å². The van der Waals surface area contributed by atoms with Crippen LogP contribution in [0, 0.1) is 0 Å². The molecule has 1 aromatic heterocycles. The summed E-state index contributed by atoms with van der Waals surface area (Å²) in [7, 11) is 0. The van der Waals surface area contributed by atoms with E-state index in [1.165, 1.54) is 0 Å². The average Bonchev–Trinajstić information content (AvgIpc) is 2.65. The van der Waals surface area contributed by atoms with Crippen LogP contribution >= 0.6 is 34.8 Å². The zero-order valence-corrected chi connectivity index (χ0v) is 18.0. The highest BCUT2D eigenvalue weighted by atomic mass is 35.5. The van der Waals surface area contributed by atoms with Gasteiger partial charge in [-0.15, -0.1) is 5.10 Å². The Labute approximate surface area is 179 Å². The van der Waals surface area contributed by atoms with Gasteiger partial charge in [-0.25, -0.2) is 0 Å². The van der Waals surface area contributed by atoms with Crippen LogP contribution in [0.2, 0.25) is 15.2 Å². The van der Waals surface area contributed by atoms with Crippen LogP contribution < -0.4 is 10.6 Å². The number of hydrogen-bond acceptors (Lipinski definition) is 5. The number of anilines is 1. The maximum absolute atomic E-state index is 12.3. The topological polar surface area (TPSA) is 75.3 Å². The van der Waals surface area contributed by atoms with Gasteiger partial charge >= 0.3 is 0 Å². The van der Waals surface area contributed by atoms with Crippen molar-refractivity contribution >= 4 is 46.4 Å². The molecule has 0 bridgehead atoms. The van der Waals surface area contributed by atoms with Crippen molar-refractivity contribution in [2.75, 3.05) is 31.1 Å². The fourth-order valence-corrected chi connectivity index (χ4v) is 4.27. The Morgan fingerprint density at radius 3 is 2.21 bits per heavy atom. The van der Waals surface area contributed by atoms with Crippen LogP contribution in [0.25, 0.3) is 0 Å². The first-order chi connectivity index (χ1) is 13.3. The average molecular weight is 443 g/mol. The molecular formula is C19H22Cl3N5O. The molecule has 0 saturated carbocycles. The molecule has 0 radical (unpaired) electrons. The van der Waals surface area contributed by atoms with E-state index in [2.05, 4.69) is 33.8 Å². The van der Waals surface area contributed by atoms with E-state index in [1.807, 2.05) is 0 Å². The third kappa shape index (κ3) is 4.35. The maximum Gasteiger partial charge on any atom is 0.231 e. The highest BCUT2D eigenvalue weighted by molar-refractivity contribution is 6.36. The molecule has 2 aromatic rings. The van der Waals surface area contributed by atoms with Crippen molar-refractivity contribution in [2.45, 2.75) is 25.8 Å². The fourth-order valence-electron chi connectivity index (χ4n) is 3.45. The number of carbonyl (C=O) groups excluding carboxylic acids is 1. The van der Waals surface area contributed by atoms with Gasteiger partial charge in [0.25, 0.3) is 0 Å². The molecule has 0 spiro atoms. The van der Waals surface area contributed by atoms with Crippen molar-refractivity contribution in [1.82, 2.24) is 15.1 Å². The van der Waals surface area contributed by atoms with Crippen LogP contribution in [0.5, 0.6) is 0 Å². The SMILES string of the molecule is CC(C)N1CCN(c2cc(C(C(N)=O)c3c(Cl)cccc3Cl)nnc2Cl)CC1. The minimum absolute atomic E-state index is 0.287. The summed E-state index contributed by atoms with van der Waals surface area (Å²) in [5, 5.41) is 9.16. The predicted molar refractivity (Wildman–Crippen MR) is 113 cm³/mol. The van der Waals surface area contributed by atoms with E-state index in [9.17, 15) is 4.79 Å². The number of aromatic nitrogens is 2. The van der Waals surface area contributed by atoms with E-state index < -0.39 is 11.8 Å². The highest BCUT2D eigenvalue weighted by Gasteiger charge is 2.29. The summed E-state index contributed by atoms with van der Waals surface area (Å²) < 4.78 is 0. The molecule has 3 rings (SSSR count). The van der Waals surface area contributed by atoms with Gasteiger partial charge in [0.2, 0.25) is 5.91 Å². The molecule has 1 aliphatic heterocycles. The largest absolute Gasteiger partial charge is 0.369 e. The number of piperazine rings is 1. The lowest BCUT2D eigenvalue weighted by atomic mass is 9.94. The number of nitrogens with zero attached hydrogens (tertiary/aromatic N) is 4. The molecule has 9 heteroatoms. The number of benzene rings is 1. The van der Waals surface area contributed by atoms with Crippen LogP contribution in [0.1, 0.15) is 31.0 Å². The standard InChI is InChI=1S/C19H22Cl3N5O/c1-11(2)26-6-8-27(9-7-26)15-10-14(24-25-18(15)22)17(19(23)28)16-12(20)4-3-5-13(16)21/h3-5,10-11,17H,6-9H2,1-2H3,(H2,23,28). The molecule has 1 unspecified atom stereocenters. The molecule has 2 heterocycles. The molecular weight excluding hydrogens is 421 g/mol. The molecule has 1 aliphatic rings. The van der Waals surface area contributed by atoms with Crippen molar-refractivity contribution in [3.8, 4) is 0 Å². The van der Waals surface area contributed by atoms with Gasteiger partial charge in [0.1, 0.15) is 5.92 Å². The number of rotatable bonds is 5. The Morgan fingerprint density at radius 2 is 1.68 bits per heavy atom. The monoisotopic (exact) mass is 441 g/mol. The Bertz CT molecular complexity index is 848. The summed E-state index contributed by atoms with van der Waals surface area (Å²) in [4.78, 5) is 16.8. The molecule has 28 heavy (non-hydrogen) atoms. The fraction of sp³-hybridized carbons (Fsp3) is 0.421. The van der Waals surface area contributed by atoms with Gasteiger partial charge in [-0.1, -0.05) is 40.9 Å². The molecule has 0 aliphatic carbocycles. The Hall–Kier alpha value is -1.60. The minimum atomic E-state index is -0.915. The summed E-state index contributed by atoms with van der Waals surface area (Å²) in [5.74, 6) is -1.52. The van der Waals surface area contributed by atoms with E-state index in [4.69, 9.17) is 40.5 Å². The molecule has 2 N–H and O–H groups in total. The van der Waals surface area contributed by atoms with E-state index in [-0.39, 0.29) is 5.15 Å². The van der Waals surface area contributed by atoms with Crippen LogP contribution in [-0.4, -0.2) is 53.2 Å². The normalized spacial score (nSPS) is 16.4. The van der Waals surface area contributed by atoms with E-state index in [0.717, 1.165) is 31.9 Å². The second kappa shape index (κ2) is 8.82. The molecule has 1 amide bonds. The van der Waals surface area contributed by atoms with Gasteiger partial charge in [0.15, 0.2) is 5.15 Å². The second-order valence-corrected chi connectivity index (χ2v) is 8.21. The Kier molecular flexibility index (Phi) is 6.65. The predicted octanol–water partition coefficient (Wildman–Crippen LogP) is 3.58. The van der Waals surface area contributed by atoms with Crippen LogP contribution in [-0.2, 0) is 4.79 Å². The van der Waals surface area contributed by atoms with Crippen molar-refractivity contribution < 1.29 is 4.79 Å². The summed E-state index contributed by atoms with van der Waals surface area (Å²) in [5.41, 5.74) is 7.20. The zero-order valence-electron chi connectivity index (χ0n) is 15.7. The van der Waals surface area contributed by atoms with E-state index in [0.29, 0.717) is 27.3 Å². The molecule has 150 valence electrons. The van der Waals surface area contributed by atoms with Crippen molar-refractivity contribution in [2.24, 2.45) is 5.73 Å². The first-order valence-corrected chi connectivity index (χ1v) is 10.2. The Morgan fingerprint density at radius 1 is 1.07 bits per heavy atom. The highest BCUT2D eigenvalue weighted by Crippen LogP contribution is 2.36. The molecule has 6 nitrogen and oxygen atoms in total. The van der Waals surface area contributed by atoms with Gasteiger partial charge in [-0.05, 0) is 32.0 Å². The number of amides is 1. The number of primary amides is 1. The lowest BCUT2D eigenvalue weighted by Gasteiger charge is -2.38. The lowest BCUT2D eigenvalue weighted by molar-refractivity contribution is -0.118. The number of nitrogens with two attached hydrogens (primary N) is 1. The maximum atomic E-state index is 12.3. The van der Waals surface area contributed by atoms with Gasteiger partial charge < -0.3 is 10.6 Å². The smallest absolute Gasteiger partial charge is 0.231 e. The van der Waals surface area contributed by atoms with E-state index >= 15 is 0 Å². The molecule has 1 fully saturated rings. The Balaban J connectivity index is 1.96. The third-order valence-electron chi connectivity index (χ3n) is 5.00. The second-order valence-electron chi connectivity index (χ2n) is 7.03. The van der Waals surface area contributed by atoms with Gasteiger partial charge in [0, 0.05) is 47.8 Å². The number of hydrogen-bond donors (Lipinski definition) is 1. The summed E-state index contributed by atoms with van der Waals surface area (Å²) in [6.45, 7) is 7.80. The third-order valence-corrected chi connectivity index (χ3v) is 5.93. The van der Waals surface area contributed by atoms with Crippen molar-refractivity contribution in [3.63, 3.8) is 0 Å². The summed E-state index contributed by atoms with van der Waals surface area (Å²) in [6, 6.07) is 7.28. The lowest BCUT2D eigenvalue weighted by Crippen LogP contribution is -2.49. The first-order valence-electron chi connectivity index (χ1n) is 9.05. The molecule has 1 aromatic carbocycles. The van der Waals surface area contributed by atoms with Crippen molar-refractivity contribution in [3.05, 3.63) is 50.7 Å². The van der Waals surface area contributed by atoms with Gasteiger partial charge in [0.05, 0.1) is 11.4 Å².